The lowest BCUT2D eigenvalue weighted by Crippen LogP contribution is -2.21. The standard InChI is InChI=1S/C13H17N5O/c1-2-14-7-6-13(19)17-11-4-3-5-12(8-11)18-9-15-16-10-18/h3-5,8-10,14H,2,6-7H2,1H3,(H,17,19). The Morgan fingerprint density at radius 1 is 1.32 bits per heavy atom. The Kier molecular flexibility index (Phi) is 4.63. The van der Waals surface area contributed by atoms with Gasteiger partial charge in [-0.05, 0) is 24.7 Å². The summed E-state index contributed by atoms with van der Waals surface area (Å²) in [6, 6.07) is 7.56. The Balaban J connectivity index is 1.97. The minimum Gasteiger partial charge on any atom is -0.326 e. The molecule has 0 fully saturated rings. The normalized spacial score (nSPS) is 10.4. The Bertz CT molecular complexity index is 524. The summed E-state index contributed by atoms with van der Waals surface area (Å²) in [7, 11) is 0. The highest BCUT2D eigenvalue weighted by atomic mass is 16.1. The summed E-state index contributed by atoms with van der Waals surface area (Å²) in [6.45, 7) is 3.57. The van der Waals surface area contributed by atoms with Crippen LogP contribution in [0.5, 0.6) is 0 Å². The zero-order valence-electron chi connectivity index (χ0n) is 10.8. The van der Waals surface area contributed by atoms with Gasteiger partial charge in [0, 0.05) is 18.7 Å². The fourth-order valence-electron chi connectivity index (χ4n) is 1.68. The predicted octanol–water partition coefficient (Wildman–Crippen LogP) is 1.21. The zero-order chi connectivity index (χ0) is 13.5. The molecule has 0 aliphatic rings. The van der Waals surface area contributed by atoms with Crippen LogP contribution in [0.4, 0.5) is 5.69 Å². The molecule has 2 aromatic rings. The van der Waals surface area contributed by atoms with Crippen molar-refractivity contribution in [2.24, 2.45) is 0 Å². The van der Waals surface area contributed by atoms with E-state index in [0.717, 1.165) is 17.9 Å². The molecule has 1 aromatic carbocycles. The van der Waals surface area contributed by atoms with Crippen LogP contribution in [0.3, 0.4) is 0 Å². The summed E-state index contributed by atoms with van der Waals surface area (Å²) in [6.07, 6.45) is 3.70. The van der Waals surface area contributed by atoms with Crippen molar-refractivity contribution >= 4 is 11.6 Å². The summed E-state index contributed by atoms with van der Waals surface area (Å²) < 4.78 is 1.79. The molecule has 0 aliphatic heterocycles. The number of aromatic nitrogens is 3. The van der Waals surface area contributed by atoms with Crippen molar-refractivity contribution in [2.45, 2.75) is 13.3 Å². The van der Waals surface area contributed by atoms with Crippen LogP contribution in [0.15, 0.2) is 36.9 Å². The van der Waals surface area contributed by atoms with Crippen molar-refractivity contribution in [1.29, 1.82) is 0 Å². The predicted molar refractivity (Wildman–Crippen MR) is 73.1 cm³/mol. The van der Waals surface area contributed by atoms with Gasteiger partial charge in [0.2, 0.25) is 5.91 Å². The molecular formula is C13H17N5O. The number of benzene rings is 1. The van der Waals surface area contributed by atoms with Crippen LogP contribution in [0.25, 0.3) is 5.69 Å². The Morgan fingerprint density at radius 3 is 2.84 bits per heavy atom. The number of carbonyl (C=O) groups excluding carboxylic acids is 1. The first-order valence-corrected chi connectivity index (χ1v) is 6.25. The van der Waals surface area contributed by atoms with Crippen molar-refractivity contribution in [3.8, 4) is 5.69 Å². The largest absolute Gasteiger partial charge is 0.326 e. The molecule has 0 aliphatic carbocycles. The molecule has 0 bridgehead atoms. The van der Waals surface area contributed by atoms with Gasteiger partial charge in [0.25, 0.3) is 0 Å². The summed E-state index contributed by atoms with van der Waals surface area (Å²) >= 11 is 0. The highest BCUT2D eigenvalue weighted by Gasteiger charge is 2.03. The van der Waals surface area contributed by atoms with Crippen LogP contribution in [-0.4, -0.2) is 33.8 Å². The Labute approximate surface area is 111 Å². The van der Waals surface area contributed by atoms with E-state index in [1.807, 2.05) is 31.2 Å². The maximum absolute atomic E-state index is 11.7. The first-order chi connectivity index (χ1) is 9.29. The molecule has 0 saturated carbocycles. The second-order valence-electron chi connectivity index (χ2n) is 4.07. The molecule has 2 rings (SSSR count). The molecule has 0 spiro atoms. The van der Waals surface area contributed by atoms with Crippen molar-refractivity contribution in [2.75, 3.05) is 18.4 Å². The van der Waals surface area contributed by atoms with Crippen molar-refractivity contribution in [1.82, 2.24) is 20.1 Å². The molecular weight excluding hydrogens is 242 g/mol. The van der Waals surface area contributed by atoms with E-state index >= 15 is 0 Å². The molecule has 1 amide bonds. The third kappa shape index (κ3) is 3.89. The monoisotopic (exact) mass is 259 g/mol. The van der Waals surface area contributed by atoms with Crippen LogP contribution in [0.2, 0.25) is 0 Å². The van der Waals surface area contributed by atoms with E-state index in [-0.39, 0.29) is 5.91 Å². The van der Waals surface area contributed by atoms with Gasteiger partial charge in [0.15, 0.2) is 0 Å². The van der Waals surface area contributed by atoms with E-state index in [9.17, 15) is 4.79 Å². The van der Waals surface area contributed by atoms with E-state index in [1.165, 1.54) is 0 Å². The highest BCUT2D eigenvalue weighted by Crippen LogP contribution is 2.14. The quantitative estimate of drug-likeness (QED) is 0.765. The molecule has 6 heteroatoms. The van der Waals surface area contributed by atoms with E-state index in [2.05, 4.69) is 20.8 Å². The summed E-state index contributed by atoms with van der Waals surface area (Å²) in [5.74, 6) is 0.00172. The number of hydrogen-bond donors (Lipinski definition) is 2. The van der Waals surface area contributed by atoms with Crippen LogP contribution in [0, 0.1) is 0 Å². The van der Waals surface area contributed by atoms with Crippen LogP contribution < -0.4 is 10.6 Å². The number of amides is 1. The number of hydrogen-bond acceptors (Lipinski definition) is 4. The number of nitrogens with zero attached hydrogens (tertiary/aromatic N) is 3. The van der Waals surface area contributed by atoms with Gasteiger partial charge in [-0.2, -0.15) is 0 Å². The van der Waals surface area contributed by atoms with E-state index in [1.54, 1.807) is 17.2 Å². The van der Waals surface area contributed by atoms with E-state index in [4.69, 9.17) is 0 Å². The van der Waals surface area contributed by atoms with Gasteiger partial charge in [0.1, 0.15) is 12.7 Å². The maximum Gasteiger partial charge on any atom is 0.225 e. The molecule has 1 heterocycles. The van der Waals surface area contributed by atoms with Crippen molar-refractivity contribution in [3.63, 3.8) is 0 Å². The van der Waals surface area contributed by atoms with Gasteiger partial charge in [-0.1, -0.05) is 13.0 Å². The molecule has 100 valence electrons. The fraction of sp³-hybridized carbons (Fsp3) is 0.308. The lowest BCUT2D eigenvalue weighted by atomic mass is 10.2. The van der Waals surface area contributed by atoms with Gasteiger partial charge in [-0.25, -0.2) is 0 Å². The maximum atomic E-state index is 11.7. The lowest BCUT2D eigenvalue weighted by molar-refractivity contribution is -0.116. The Morgan fingerprint density at radius 2 is 2.11 bits per heavy atom. The molecule has 19 heavy (non-hydrogen) atoms. The van der Waals surface area contributed by atoms with Gasteiger partial charge in [0.05, 0.1) is 5.69 Å². The zero-order valence-corrected chi connectivity index (χ0v) is 10.8. The summed E-state index contributed by atoms with van der Waals surface area (Å²) in [5, 5.41) is 13.5. The highest BCUT2D eigenvalue weighted by molar-refractivity contribution is 5.91. The van der Waals surface area contributed by atoms with Crippen molar-refractivity contribution < 1.29 is 4.79 Å². The molecule has 0 unspecified atom stereocenters. The molecule has 0 atom stereocenters. The average molecular weight is 259 g/mol. The third-order valence-electron chi connectivity index (χ3n) is 2.63. The first-order valence-electron chi connectivity index (χ1n) is 6.25. The summed E-state index contributed by atoms with van der Waals surface area (Å²) in [4.78, 5) is 11.7. The number of rotatable bonds is 6. The van der Waals surface area contributed by atoms with Gasteiger partial charge in [-0.3, -0.25) is 9.36 Å². The topological polar surface area (TPSA) is 71.8 Å². The van der Waals surface area contributed by atoms with Crippen LogP contribution in [-0.2, 0) is 4.79 Å². The van der Waals surface area contributed by atoms with Crippen molar-refractivity contribution in [3.05, 3.63) is 36.9 Å². The minimum absolute atomic E-state index is 0.00172. The number of nitrogens with one attached hydrogen (secondary N) is 2. The molecule has 2 N–H and O–H groups in total. The van der Waals surface area contributed by atoms with Gasteiger partial charge >= 0.3 is 0 Å². The average Bonchev–Trinajstić information content (AvgIpc) is 2.93. The second kappa shape index (κ2) is 6.65. The summed E-state index contributed by atoms with van der Waals surface area (Å²) in [5.41, 5.74) is 1.68. The smallest absolute Gasteiger partial charge is 0.225 e. The number of carbonyl (C=O) groups is 1. The molecule has 6 nitrogen and oxygen atoms in total. The first kappa shape index (κ1) is 13.2. The van der Waals surface area contributed by atoms with Gasteiger partial charge < -0.3 is 10.6 Å². The van der Waals surface area contributed by atoms with E-state index < -0.39 is 0 Å². The molecule has 0 radical (unpaired) electrons. The Hall–Kier alpha value is -2.21. The third-order valence-corrected chi connectivity index (χ3v) is 2.63. The molecule has 0 saturated heterocycles. The van der Waals surface area contributed by atoms with Crippen LogP contribution in [0.1, 0.15) is 13.3 Å². The molecule has 1 aromatic heterocycles. The van der Waals surface area contributed by atoms with E-state index in [0.29, 0.717) is 13.0 Å². The lowest BCUT2D eigenvalue weighted by Gasteiger charge is -2.07. The van der Waals surface area contributed by atoms with Gasteiger partial charge in [-0.15, -0.1) is 10.2 Å². The second-order valence-corrected chi connectivity index (χ2v) is 4.07. The fourth-order valence-corrected chi connectivity index (χ4v) is 1.68. The number of anilines is 1. The van der Waals surface area contributed by atoms with Crippen LogP contribution >= 0.6 is 0 Å². The SMILES string of the molecule is CCNCCC(=O)Nc1cccc(-n2cnnc2)c1. The minimum atomic E-state index is 0.00172.